The molecule has 1 aromatic carbocycles. The SMILES string of the molecule is Cc1cccc2c1CCC2NC(C)CO. The maximum Gasteiger partial charge on any atom is 0.0582 e. The molecule has 2 heteroatoms. The number of rotatable bonds is 3. The van der Waals surface area contributed by atoms with Gasteiger partial charge >= 0.3 is 0 Å². The van der Waals surface area contributed by atoms with E-state index in [4.69, 9.17) is 5.11 Å². The third-order valence-corrected chi connectivity index (χ3v) is 3.26. The summed E-state index contributed by atoms with van der Waals surface area (Å²) in [7, 11) is 0. The van der Waals surface area contributed by atoms with Crippen LogP contribution in [0.25, 0.3) is 0 Å². The zero-order chi connectivity index (χ0) is 10.8. The Kier molecular flexibility index (Phi) is 3.08. The molecule has 2 atom stereocenters. The summed E-state index contributed by atoms with van der Waals surface area (Å²) in [6.45, 7) is 4.40. The standard InChI is InChI=1S/C13H19NO/c1-9-4-3-5-12-11(9)6-7-13(12)14-10(2)8-15/h3-5,10,13-15H,6-8H2,1-2H3. The summed E-state index contributed by atoms with van der Waals surface area (Å²) >= 11 is 0. The van der Waals surface area contributed by atoms with Crippen LogP contribution in [0, 0.1) is 6.92 Å². The quantitative estimate of drug-likeness (QED) is 0.790. The normalized spacial score (nSPS) is 21.4. The van der Waals surface area contributed by atoms with Crippen molar-refractivity contribution in [2.75, 3.05) is 6.61 Å². The van der Waals surface area contributed by atoms with Crippen molar-refractivity contribution < 1.29 is 5.11 Å². The second-order valence-electron chi connectivity index (χ2n) is 4.48. The van der Waals surface area contributed by atoms with E-state index in [9.17, 15) is 0 Å². The van der Waals surface area contributed by atoms with Gasteiger partial charge in [0.15, 0.2) is 0 Å². The zero-order valence-corrected chi connectivity index (χ0v) is 9.46. The first kappa shape index (κ1) is 10.7. The van der Waals surface area contributed by atoms with E-state index in [0.29, 0.717) is 6.04 Å². The number of benzene rings is 1. The number of aliphatic hydroxyl groups excluding tert-OH is 1. The van der Waals surface area contributed by atoms with Crippen LogP contribution in [-0.4, -0.2) is 17.8 Å². The average Bonchev–Trinajstić information content (AvgIpc) is 2.63. The minimum absolute atomic E-state index is 0.182. The topological polar surface area (TPSA) is 32.3 Å². The van der Waals surface area contributed by atoms with Crippen LogP contribution in [0.1, 0.15) is 36.1 Å². The van der Waals surface area contributed by atoms with E-state index in [1.807, 2.05) is 6.92 Å². The van der Waals surface area contributed by atoms with Crippen molar-refractivity contribution in [1.82, 2.24) is 5.32 Å². The number of hydrogen-bond donors (Lipinski definition) is 2. The van der Waals surface area contributed by atoms with E-state index in [0.717, 1.165) is 12.8 Å². The fraction of sp³-hybridized carbons (Fsp3) is 0.538. The van der Waals surface area contributed by atoms with Crippen LogP contribution in [0.5, 0.6) is 0 Å². The van der Waals surface area contributed by atoms with E-state index in [1.54, 1.807) is 0 Å². The van der Waals surface area contributed by atoms with Crippen molar-refractivity contribution in [3.05, 3.63) is 34.9 Å². The fourth-order valence-corrected chi connectivity index (χ4v) is 2.41. The Morgan fingerprint density at radius 1 is 1.53 bits per heavy atom. The van der Waals surface area contributed by atoms with Crippen molar-refractivity contribution in [2.45, 2.75) is 38.8 Å². The molecule has 2 nitrogen and oxygen atoms in total. The molecule has 0 saturated heterocycles. The van der Waals surface area contributed by atoms with Crippen LogP contribution in [0.4, 0.5) is 0 Å². The first-order valence-electron chi connectivity index (χ1n) is 5.67. The molecule has 2 unspecified atom stereocenters. The van der Waals surface area contributed by atoms with Crippen LogP contribution in [-0.2, 0) is 6.42 Å². The van der Waals surface area contributed by atoms with Gasteiger partial charge in [-0.25, -0.2) is 0 Å². The second-order valence-corrected chi connectivity index (χ2v) is 4.48. The van der Waals surface area contributed by atoms with Gasteiger partial charge < -0.3 is 10.4 Å². The summed E-state index contributed by atoms with van der Waals surface area (Å²) in [4.78, 5) is 0. The summed E-state index contributed by atoms with van der Waals surface area (Å²) in [6.07, 6.45) is 2.32. The van der Waals surface area contributed by atoms with Gasteiger partial charge in [0.2, 0.25) is 0 Å². The average molecular weight is 205 g/mol. The lowest BCUT2D eigenvalue weighted by Crippen LogP contribution is -2.32. The maximum absolute atomic E-state index is 9.04. The number of hydrogen-bond acceptors (Lipinski definition) is 2. The van der Waals surface area contributed by atoms with E-state index in [2.05, 4.69) is 30.4 Å². The van der Waals surface area contributed by atoms with Gasteiger partial charge in [0.25, 0.3) is 0 Å². The highest BCUT2D eigenvalue weighted by atomic mass is 16.3. The molecule has 1 aliphatic carbocycles. The van der Waals surface area contributed by atoms with E-state index in [-0.39, 0.29) is 12.6 Å². The highest BCUT2D eigenvalue weighted by Gasteiger charge is 2.23. The van der Waals surface area contributed by atoms with E-state index >= 15 is 0 Å². The molecule has 0 fully saturated rings. The lowest BCUT2D eigenvalue weighted by molar-refractivity contribution is 0.240. The van der Waals surface area contributed by atoms with Gasteiger partial charge in [-0.2, -0.15) is 0 Å². The third kappa shape index (κ3) is 2.06. The molecule has 0 aliphatic heterocycles. The van der Waals surface area contributed by atoms with Crippen LogP contribution < -0.4 is 5.32 Å². The van der Waals surface area contributed by atoms with E-state index < -0.39 is 0 Å². The second kappa shape index (κ2) is 4.33. The van der Waals surface area contributed by atoms with Crippen molar-refractivity contribution in [2.24, 2.45) is 0 Å². The molecule has 0 amide bonds. The van der Waals surface area contributed by atoms with Crippen LogP contribution in [0.3, 0.4) is 0 Å². The molecule has 0 aromatic heterocycles. The highest BCUT2D eigenvalue weighted by molar-refractivity contribution is 5.40. The highest BCUT2D eigenvalue weighted by Crippen LogP contribution is 2.33. The summed E-state index contributed by atoms with van der Waals surface area (Å²) in [5.74, 6) is 0. The van der Waals surface area contributed by atoms with Gasteiger partial charge in [-0.15, -0.1) is 0 Å². The summed E-state index contributed by atoms with van der Waals surface area (Å²) < 4.78 is 0. The van der Waals surface area contributed by atoms with Gasteiger partial charge in [0, 0.05) is 12.1 Å². The van der Waals surface area contributed by atoms with Gasteiger partial charge in [0.05, 0.1) is 6.61 Å². The van der Waals surface area contributed by atoms with Gasteiger partial charge in [-0.3, -0.25) is 0 Å². The first-order valence-corrected chi connectivity index (χ1v) is 5.67. The van der Waals surface area contributed by atoms with Gasteiger partial charge in [0.1, 0.15) is 0 Å². The largest absolute Gasteiger partial charge is 0.395 e. The molecule has 15 heavy (non-hydrogen) atoms. The Labute approximate surface area is 91.3 Å². The van der Waals surface area contributed by atoms with Crippen molar-refractivity contribution in [3.63, 3.8) is 0 Å². The molecule has 1 aromatic rings. The number of aliphatic hydroxyl groups is 1. The minimum atomic E-state index is 0.182. The number of aryl methyl sites for hydroxylation is 1. The summed E-state index contributed by atoms with van der Waals surface area (Å²) in [5, 5.41) is 12.5. The Bertz CT molecular complexity index is 348. The molecule has 1 aliphatic rings. The lowest BCUT2D eigenvalue weighted by atomic mass is 10.0. The van der Waals surface area contributed by atoms with Gasteiger partial charge in [-0.1, -0.05) is 18.2 Å². The molecule has 2 N–H and O–H groups in total. The molecular formula is C13H19NO. The molecule has 0 radical (unpaired) electrons. The Hall–Kier alpha value is -0.860. The van der Waals surface area contributed by atoms with Crippen molar-refractivity contribution >= 4 is 0 Å². The predicted molar refractivity (Wildman–Crippen MR) is 61.9 cm³/mol. The Morgan fingerprint density at radius 2 is 2.33 bits per heavy atom. The lowest BCUT2D eigenvalue weighted by Gasteiger charge is -2.18. The van der Waals surface area contributed by atoms with Crippen molar-refractivity contribution in [1.29, 1.82) is 0 Å². The van der Waals surface area contributed by atoms with Crippen LogP contribution in [0.15, 0.2) is 18.2 Å². The van der Waals surface area contributed by atoms with Crippen LogP contribution >= 0.6 is 0 Å². The number of nitrogens with one attached hydrogen (secondary N) is 1. The van der Waals surface area contributed by atoms with Crippen molar-refractivity contribution in [3.8, 4) is 0 Å². The van der Waals surface area contributed by atoms with Gasteiger partial charge in [-0.05, 0) is 43.4 Å². The first-order chi connectivity index (χ1) is 7.22. The fourth-order valence-electron chi connectivity index (χ4n) is 2.41. The smallest absolute Gasteiger partial charge is 0.0582 e. The molecule has 2 rings (SSSR count). The molecule has 0 bridgehead atoms. The maximum atomic E-state index is 9.04. The van der Waals surface area contributed by atoms with Crippen LogP contribution in [0.2, 0.25) is 0 Å². The molecule has 82 valence electrons. The summed E-state index contributed by atoms with van der Waals surface area (Å²) in [5.41, 5.74) is 4.32. The molecule has 0 saturated carbocycles. The Morgan fingerprint density at radius 3 is 3.07 bits per heavy atom. The summed E-state index contributed by atoms with van der Waals surface area (Å²) in [6, 6.07) is 7.12. The zero-order valence-electron chi connectivity index (χ0n) is 9.46. The monoisotopic (exact) mass is 205 g/mol. The third-order valence-electron chi connectivity index (χ3n) is 3.26. The molecular weight excluding hydrogens is 186 g/mol. The number of fused-ring (bicyclic) bond motifs is 1. The minimum Gasteiger partial charge on any atom is -0.395 e. The predicted octanol–water partition coefficient (Wildman–Crippen LogP) is 1.95. The molecule has 0 spiro atoms. The molecule has 0 heterocycles. The Balaban J connectivity index is 2.18. The van der Waals surface area contributed by atoms with E-state index in [1.165, 1.54) is 16.7 Å².